The molecule has 0 aliphatic carbocycles. The van der Waals surface area contributed by atoms with E-state index in [1.165, 1.54) is 31.1 Å². The Hall–Kier alpha value is -3.85. The zero-order valence-electron chi connectivity index (χ0n) is 16.6. The van der Waals surface area contributed by atoms with Crippen LogP contribution in [-0.2, 0) is 0 Å². The van der Waals surface area contributed by atoms with Gasteiger partial charge in [-0.25, -0.2) is 0 Å². The summed E-state index contributed by atoms with van der Waals surface area (Å²) in [4.78, 5) is 19.2. The molecular formula is C24H23N5O. The van der Waals surface area contributed by atoms with Crippen LogP contribution in [-0.4, -0.2) is 24.0 Å². The number of nitrogens with one attached hydrogen (secondary N) is 2. The number of nitrogens with zero attached hydrogens (tertiary/aromatic N) is 3. The third-order valence-electron chi connectivity index (χ3n) is 5.13. The third-order valence-corrected chi connectivity index (χ3v) is 5.13. The van der Waals surface area contributed by atoms with E-state index in [1.807, 2.05) is 18.2 Å². The predicted octanol–water partition coefficient (Wildman–Crippen LogP) is 4.94. The average Bonchev–Trinajstić information content (AvgIpc) is 2.80. The van der Waals surface area contributed by atoms with E-state index in [0.29, 0.717) is 16.8 Å². The summed E-state index contributed by atoms with van der Waals surface area (Å²) in [5.41, 5.74) is 4.41. The maximum Gasteiger partial charge on any atom is 0.257 e. The number of aromatic nitrogens is 1. The molecule has 0 saturated carbocycles. The van der Waals surface area contributed by atoms with Crippen molar-refractivity contribution in [2.45, 2.75) is 19.3 Å². The molecule has 1 fully saturated rings. The van der Waals surface area contributed by atoms with Gasteiger partial charge in [-0.05, 0) is 67.8 Å². The number of nitriles is 1. The second-order valence-electron chi connectivity index (χ2n) is 7.33. The van der Waals surface area contributed by atoms with E-state index in [1.54, 1.807) is 30.5 Å². The number of rotatable bonds is 5. The first-order valence-corrected chi connectivity index (χ1v) is 10.1. The van der Waals surface area contributed by atoms with Crippen LogP contribution in [0.2, 0.25) is 0 Å². The molecule has 6 nitrogen and oxygen atoms in total. The molecule has 1 amide bonds. The number of benzene rings is 2. The number of amides is 1. The molecule has 6 heteroatoms. The van der Waals surface area contributed by atoms with Gasteiger partial charge < -0.3 is 15.5 Å². The molecule has 2 N–H and O–H groups in total. The molecule has 1 aliphatic heterocycles. The van der Waals surface area contributed by atoms with Crippen molar-refractivity contribution in [2.75, 3.05) is 28.6 Å². The zero-order chi connectivity index (χ0) is 20.8. The Bertz CT molecular complexity index is 1070. The summed E-state index contributed by atoms with van der Waals surface area (Å²) in [6, 6.07) is 19.0. The van der Waals surface area contributed by atoms with Gasteiger partial charge in [-0.15, -0.1) is 0 Å². The second kappa shape index (κ2) is 9.10. The van der Waals surface area contributed by atoms with Crippen LogP contribution in [0.1, 0.15) is 35.2 Å². The molecule has 3 aromatic rings. The minimum Gasteiger partial charge on any atom is -0.372 e. The van der Waals surface area contributed by atoms with Crippen molar-refractivity contribution in [3.63, 3.8) is 0 Å². The molecule has 0 spiro atoms. The summed E-state index contributed by atoms with van der Waals surface area (Å²) in [5.74, 6) is -0.220. The summed E-state index contributed by atoms with van der Waals surface area (Å²) in [6.07, 6.45) is 6.95. The van der Waals surface area contributed by atoms with Gasteiger partial charge in [-0.2, -0.15) is 5.26 Å². The Morgan fingerprint density at radius 3 is 2.50 bits per heavy atom. The molecule has 4 rings (SSSR count). The van der Waals surface area contributed by atoms with Crippen LogP contribution >= 0.6 is 0 Å². The summed E-state index contributed by atoms with van der Waals surface area (Å²) >= 11 is 0. The Kier molecular flexibility index (Phi) is 5.90. The smallest absolute Gasteiger partial charge is 0.257 e. The Morgan fingerprint density at radius 1 is 0.933 bits per heavy atom. The van der Waals surface area contributed by atoms with Gasteiger partial charge in [-0.3, -0.25) is 9.78 Å². The molecule has 0 bridgehead atoms. The van der Waals surface area contributed by atoms with Crippen molar-refractivity contribution in [3.05, 3.63) is 78.1 Å². The summed E-state index contributed by atoms with van der Waals surface area (Å²) in [7, 11) is 0. The highest BCUT2D eigenvalue weighted by Gasteiger charge is 2.12. The average molecular weight is 397 g/mol. The van der Waals surface area contributed by atoms with Crippen LogP contribution in [0, 0.1) is 11.3 Å². The van der Waals surface area contributed by atoms with Crippen LogP contribution in [0.4, 0.5) is 22.7 Å². The molecule has 150 valence electrons. The highest BCUT2D eigenvalue weighted by atomic mass is 16.1. The molecule has 0 atom stereocenters. The zero-order valence-corrected chi connectivity index (χ0v) is 16.6. The highest BCUT2D eigenvalue weighted by Crippen LogP contribution is 2.23. The van der Waals surface area contributed by atoms with Crippen molar-refractivity contribution in [1.82, 2.24) is 4.98 Å². The second-order valence-corrected chi connectivity index (χ2v) is 7.33. The Morgan fingerprint density at radius 2 is 1.73 bits per heavy atom. The number of anilines is 4. The quantitative estimate of drug-likeness (QED) is 0.637. The van der Waals surface area contributed by atoms with E-state index in [2.05, 4.69) is 38.7 Å². The lowest BCUT2D eigenvalue weighted by molar-refractivity contribution is 0.102. The van der Waals surface area contributed by atoms with Gasteiger partial charge in [0.05, 0.1) is 29.1 Å². The topological polar surface area (TPSA) is 81.0 Å². The van der Waals surface area contributed by atoms with E-state index < -0.39 is 0 Å². The van der Waals surface area contributed by atoms with Gasteiger partial charge in [0.2, 0.25) is 0 Å². The fourth-order valence-electron chi connectivity index (χ4n) is 3.58. The van der Waals surface area contributed by atoms with Crippen LogP contribution < -0.4 is 15.5 Å². The number of piperidine rings is 1. The molecule has 1 saturated heterocycles. The molecule has 1 aliphatic rings. The van der Waals surface area contributed by atoms with Crippen LogP contribution in [0.15, 0.2) is 67.0 Å². The summed E-state index contributed by atoms with van der Waals surface area (Å²) in [6.45, 7) is 2.18. The monoisotopic (exact) mass is 397 g/mol. The van der Waals surface area contributed by atoms with Crippen molar-refractivity contribution < 1.29 is 4.79 Å². The van der Waals surface area contributed by atoms with Crippen LogP contribution in [0.5, 0.6) is 0 Å². The fourth-order valence-corrected chi connectivity index (χ4v) is 3.58. The van der Waals surface area contributed by atoms with E-state index in [-0.39, 0.29) is 5.91 Å². The van der Waals surface area contributed by atoms with Gasteiger partial charge in [0.1, 0.15) is 0 Å². The molecular weight excluding hydrogens is 374 g/mol. The predicted molar refractivity (Wildman–Crippen MR) is 119 cm³/mol. The molecule has 2 aromatic carbocycles. The first kappa shape index (κ1) is 19.5. The maximum atomic E-state index is 12.7. The lowest BCUT2D eigenvalue weighted by Crippen LogP contribution is -2.29. The molecule has 0 radical (unpaired) electrons. The number of pyridine rings is 1. The molecule has 1 aromatic heterocycles. The Balaban J connectivity index is 1.42. The standard InChI is InChI=1S/C24H23N5O/c25-15-18-5-4-6-21(13-18)27-22-14-19(16-26-17-22)24(30)28-20-7-9-23(10-8-20)29-11-2-1-3-12-29/h4-10,13-14,16-17,27H,1-3,11-12H2,(H,28,30). The lowest BCUT2D eigenvalue weighted by atomic mass is 10.1. The van der Waals surface area contributed by atoms with Gasteiger partial charge in [-0.1, -0.05) is 6.07 Å². The lowest BCUT2D eigenvalue weighted by Gasteiger charge is -2.28. The van der Waals surface area contributed by atoms with Gasteiger partial charge >= 0.3 is 0 Å². The first-order chi connectivity index (χ1) is 14.7. The largest absolute Gasteiger partial charge is 0.372 e. The fraction of sp³-hybridized carbons (Fsp3) is 0.208. The number of hydrogen-bond acceptors (Lipinski definition) is 5. The number of carbonyl (C=O) groups excluding carboxylic acids is 1. The summed E-state index contributed by atoms with van der Waals surface area (Å²) < 4.78 is 0. The molecule has 2 heterocycles. The molecule has 0 unspecified atom stereocenters. The minimum atomic E-state index is -0.220. The maximum absolute atomic E-state index is 12.7. The van der Waals surface area contributed by atoms with E-state index >= 15 is 0 Å². The van der Waals surface area contributed by atoms with Gasteiger partial charge in [0, 0.05) is 36.3 Å². The van der Waals surface area contributed by atoms with Crippen molar-refractivity contribution in [2.24, 2.45) is 0 Å². The molecule has 30 heavy (non-hydrogen) atoms. The SMILES string of the molecule is N#Cc1cccc(Nc2cncc(C(=O)Nc3ccc(N4CCCCC4)cc3)c2)c1. The number of carbonyl (C=O) groups is 1. The van der Waals surface area contributed by atoms with Gasteiger partial charge in [0.15, 0.2) is 0 Å². The van der Waals surface area contributed by atoms with E-state index in [4.69, 9.17) is 5.26 Å². The van der Waals surface area contributed by atoms with Gasteiger partial charge in [0.25, 0.3) is 5.91 Å². The summed E-state index contributed by atoms with van der Waals surface area (Å²) in [5, 5.41) is 15.1. The minimum absolute atomic E-state index is 0.220. The normalized spacial score (nSPS) is 13.4. The first-order valence-electron chi connectivity index (χ1n) is 10.1. The highest BCUT2D eigenvalue weighted by molar-refractivity contribution is 6.04. The Labute approximate surface area is 176 Å². The van der Waals surface area contributed by atoms with Crippen molar-refractivity contribution in [3.8, 4) is 6.07 Å². The van der Waals surface area contributed by atoms with Crippen molar-refractivity contribution >= 4 is 28.7 Å². The van der Waals surface area contributed by atoms with E-state index in [9.17, 15) is 4.79 Å². The van der Waals surface area contributed by atoms with Crippen LogP contribution in [0.25, 0.3) is 0 Å². The van der Waals surface area contributed by atoms with E-state index in [0.717, 1.165) is 24.5 Å². The van der Waals surface area contributed by atoms with Crippen LogP contribution in [0.3, 0.4) is 0 Å². The number of hydrogen-bond donors (Lipinski definition) is 2. The van der Waals surface area contributed by atoms with Crippen molar-refractivity contribution in [1.29, 1.82) is 5.26 Å². The third kappa shape index (κ3) is 4.76.